The minimum atomic E-state index is -0.0597. The summed E-state index contributed by atoms with van der Waals surface area (Å²) in [5.74, 6) is 0.468. The van der Waals surface area contributed by atoms with E-state index in [1.165, 1.54) is 0 Å². The van der Waals surface area contributed by atoms with Crippen molar-refractivity contribution in [2.75, 3.05) is 26.2 Å². The van der Waals surface area contributed by atoms with E-state index in [9.17, 15) is 9.59 Å². The molecule has 0 radical (unpaired) electrons. The first-order chi connectivity index (χ1) is 9.16. The summed E-state index contributed by atoms with van der Waals surface area (Å²) in [7, 11) is 0. The number of halogens is 1. The molecule has 0 aromatic carbocycles. The SMILES string of the molecule is CC(CC(=O)N1CCNCC1)NC(=O)C1CCCC1.Cl. The summed E-state index contributed by atoms with van der Waals surface area (Å²) in [4.78, 5) is 25.9. The number of hydrogen-bond acceptors (Lipinski definition) is 3. The van der Waals surface area contributed by atoms with Crippen LogP contribution in [0.5, 0.6) is 0 Å². The Kier molecular flexibility index (Phi) is 7.30. The van der Waals surface area contributed by atoms with Gasteiger partial charge in [0.15, 0.2) is 0 Å². The van der Waals surface area contributed by atoms with E-state index in [0.717, 1.165) is 51.9 Å². The van der Waals surface area contributed by atoms with Crippen LogP contribution in [0.2, 0.25) is 0 Å². The van der Waals surface area contributed by atoms with E-state index in [1.807, 2.05) is 11.8 Å². The Hall–Kier alpha value is -0.810. The van der Waals surface area contributed by atoms with Crippen LogP contribution in [0, 0.1) is 5.92 Å². The standard InChI is InChI=1S/C14H25N3O2.ClH/c1-11(16-14(19)12-4-2-3-5-12)10-13(18)17-8-6-15-7-9-17;/h11-12,15H,2-10H2,1H3,(H,16,19);1H. The Labute approximate surface area is 127 Å². The quantitative estimate of drug-likeness (QED) is 0.812. The molecule has 1 saturated carbocycles. The number of nitrogens with zero attached hydrogens (tertiary/aromatic N) is 1. The Morgan fingerprint density at radius 1 is 1.25 bits per heavy atom. The molecule has 20 heavy (non-hydrogen) atoms. The van der Waals surface area contributed by atoms with Crippen molar-refractivity contribution in [1.29, 1.82) is 0 Å². The maximum atomic E-state index is 12.1. The van der Waals surface area contributed by atoms with Crippen LogP contribution >= 0.6 is 12.4 Å². The highest BCUT2D eigenvalue weighted by molar-refractivity contribution is 5.85. The number of carbonyl (C=O) groups excluding carboxylic acids is 2. The van der Waals surface area contributed by atoms with Crippen LogP contribution < -0.4 is 10.6 Å². The van der Waals surface area contributed by atoms with Crippen molar-refractivity contribution < 1.29 is 9.59 Å². The van der Waals surface area contributed by atoms with Crippen LogP contribution in [0.15, 0.2) is 0 Å². The van der Waals surface area contributed by atoms with Crippen molar-refractivity contribution in [3.8, 4) is 0 Å². The van der Waals surface area contributed by atoms with Crippen LogP contribution in [0.1, 0.15) is 39.0 Å². The lowest BCUT2D eigenvalue weighted by atomic mass is 10.1. The average molecular weight is 304 g/mol. The van der Waals surface area contributed by atoms with Crippen LogP contribution in [0.25, 0.3) is 0 Å². The summed E-state index contributed by atoms with van der Waals surface area (Å²) in [5, 5.41) is 6.22. The first-order valence-corrected chi connectivity index (χ1v) is 7.45. The summed E-state index contributed by atoms with van der Waals surface area (Å²) in [6, 6.07) is -0.0597. The third kappa shape index (κ3) is 4.94. The molecule has 116 valence electrons. The number of piperazine rings is 1. The van der Waals surface area contributed by atoms with Crippen molar-refractivity contribution in [3.05, 3.63) is 0 Å². The maximum absolute atomic E-state index is 12.1. The molecular formula is C14H26ClN3O2. The molecule has 0 aromatic heterocycles. The van der Waals surface area contributed by atoms with Gasteiger partial charge in [0, 0.05) is 44.6 Å². The van der Waals surface area contributed by atoms with Crippen LogP contribution in [-0.2, 0) is 9.59 Å². The molecule has 1 aliphatic heterocycles. The Morgan fingerprint density at radius 3 is 2.45 bits per heavy atom. The van der Waals surface area contributed by atoms with Gasteiger partial charge >= 0.3 is 0 Å². The van der Waals surface area contributed by atoms with Crippen molar-refractivity contribution in [2.24, 2.45) is 5.92 Å². The molecule has 1 aliphatic carbocycles. The highest BCUT2D eigenvalue weighted by atomic mass is 35.5. The van der Waals surface area contributed by atoms with Gasteiger partial charge in [-0.25, -0.2) is 0 Å². The molecule has 0 aromatic rings. The molecule has 0 spiro atoms. The zero-order chi connectivity index (χ0) is 13.7. The van der Waals surface area contributed by atoms with Gasteiger partial charge in [-0.2, -0.15) is 0 Å². The zero-order valence-electron chi connectivity index (χ0n) is 12.2. The lowest BCUT2D eigenvalue weighted by molar-refractivity contribution is -0.132. The first kappa shape index (κ1) is 17.2. The number of hydrogen-bond donors (Lipinski definition) is 2. The molecule has 1 heterocycles. The Bertz CT molecular complexity index is 326. The molecule has 2 amide bonds. The third-order valence-corrected chi connectivity index (χ3v) is 4.07. The molecule has 2 fully saturated rings. The molecular weight excluding hydrogens is 278 g/mol. The van der Waals surface area contributed by atoms with E-state index in [-0.39, 0.29) is 36.2 Å². The summed E-state index contributed by atoms with van der Waals surface area (Å²) < 4.78 is 0. The third-order valence-electron chi connectivity index (χ3n) is 4.07. The van der Waals surface area contributed by atoms with E-state index >= 15 is 0 Å². The molecule has 1 atom stereocenters. The molecule has 2 aliphatic rings. The normalized spacial score (nSPS) is 21.1. The summed E-state index contributed by atoms with van der Waals surface area (Å²) >= 11 is 0. The lowest BCUT2D eigenvalue weighted by Gasteiger charge is -2.28. The molecule has 5 nitrogen and oxygen atoms in total. The zero-order valence-corrected chi connectivity index (χ0v) is 13.0. The second-order valence-corrected chi connectivity index (χ2v) is 5.73. The number of carbonyl (C=O) groups is 2. The molecule has 1 unspecified atom stereocenters. The smallest absolute Gasteiger partial charge is 0.224 e. The molecule has 0 bridgehead atoms. The van der Waals surface area contributed by atoms with Gasteiger partial charge in [0.2, 0.25) is 11.8 Å². The van der Waals surface area contributed by atoms with E-state index in [4.69, 9.17) is 0 Å². The lowest BCUT2D eigenvalue weighted by Crippen LogP contribution is -2.48. The first-order valence-electron chi connectivity index (χ1n) is 7.45. The van der Waals surface area contributed by atoms with Crippen molar-refractivity contribution >= 4 is 24.2 Å². The van der Waals surface area contributed by atoms with Crippen molar-refractivity contribution in [3.63, 3.8) is 0 Å². The average Bonchev–Trinajstić information content (AvgIpc) is 2.93. The van der Waals surface area contributed by atoms with E-state index in [2.05, 4.69) is 10.6 Å². The van der Waals surface area contributed by atoms with Gasteiger partial charge in [0.1, 0.15) is 0 Å². The monoisotopic (exact) mass is 303 g/mol. The second-order valence-electron chi connectivity index (χ2n) is 5.73. The summed E-state index contributed by atoms with van der Waals surface area (Å²) in [6.45, 7) is 5.22. The van der Waals surface area contributed by atoms with Crippen molar-refractivity contribution in [1.82, 2.24) is 15.5 Å². The van der Waals surface area contributed by atoms with Gasteiger partial charge in [0.05, 0.1) is 0 Å². The largest absolute Gasteiger partial charge is 0.353 e. The summed E-state index contributed by atoms with van der Waals surface area (Å²) in [6.07, 6.45) is 4.74. The van der Waals surface area contributed by atoms with Crippen molar-refractivity contribution in [2.45, 2.75) is 45.1 Å². The van der Waals surface area contributed by atoms with Gasteiger partial charge in [-0.1, -0.05) is 12.8 Å². The minimum Gasteiger partial charge on any atom is -0.353 e. The fourth-order valence-corrected chi connectivity index (χ4v) is 2.90. The van der Waals surface area contributed by atoms with Gasteiger partial charge in [-0.15, -0.1) is 12.4 Å². The fourth-order valence-electron chi connectivity index (χ4n) is 2.90. The van der Waals surface area contributed by atoms with Gasteiger partial charge in [0.25, 0.3) is 0 Å². The van der Waals surface area contributed by atoms with E-state index in [1.54, 1.807) is 0 Å². The highest BCUT2D eigenvalue weighted by Crippen LogP contribution is 2.24. The van der Waals surface area contributed by atoms with Gasteiger partial charge in [-0.05, 0) is 19.8 Å². The molecule has 1 saturated heterocycles. The number of amides is 2. The van der Waals surface area contributed by atoms with Crippen LogP contribution in [-0.4, -0.2) is 48.9 Å². The van der Waals surface area contributed by atoms with Crippen LogP contribution in [0.4, 0.5) is 0 Å². The van der Waals surface area contributed by atoms with Crippen LogP contribution in [0.3, 0.4) is 0 Å². The fraction of sp³-hybridized carbons (Fsp3) is 0.857. The van der Waals surface area contributed by atoms with Gasteiger partial charge < -0.3 is 15.5 Å². The predicted octanol–water partition coefficient (Wildman–Crippen LogP) is 0.925. The highest BCUT2D eigenvalue weighted by Gasteiger charge is 2.25. The second kappa shape index (κ2) is 8.47. The number of nitrogens with one attached hydrogen (secondary N) is 2. The maximum Gasteiger partial charge on any atom is 0.224 e. The number of rotatable bonds is 4. The summed E-state index contributed by atoms with van der Waals surface area (Å²) in [5.41, 5.74) is 0. The van der Waals surface area contributed by atoms with Gasteiger partial charge in [-0.3, -0.25) is 9.59 Å². The van der Waals surface area contributed by atoms with E-state index < -0.39 is 0 Å². The predicted molar refractivity (Wildman–Crippen MR) is 80.9 cm³/mol. The molecule has 2 rings (SSSR count). The molecule has 2 N–H and O–H groups in total. The van der Waals surface area contributed by atoms with E-state index in [0.29, 0.717) is 6.42 Å². The topological polar surface area (TPSA) is 61.4 Å². The minimum absolute atomic E-state index is 0. The molecule has 6 heteroatoms. The Morgan fingerprint density at radius 2 is 1.85 bits per heavy atom. The Balaban J connectivity index is 0.00000200.